The molecule has 1 aromatic carbocycles. The molecule has 0 N–H and O–H groups in total. The summed E-state index contributed by atoms with van der Waals surface area (Å²) in [5, 5.41) is 0. The first kappa shape index (κ1) is 8.05. The van der Waals surface area contributed by atoms with E-state index in [0.717, 1.165) is 11.3 Å². The van der Waals surface area contributed by atoms with E-state index >= 15 is 0 Å². The molecule has 1 heterocycles. The molecule has 0 radical (unpaired) electrons. The Labute approximate surface area is 76.8 Å². The van der Waals surface area contributed by atoms with Gasteiger partial charge in [0, 0.05) is 11.1 Å². The molecule has 66 valence electrons. The van der Waals surface area contributed by atoms with Gasteiger partial charge in [-0.15, -0.1) is 0 Å². The molecule has 0 amide bonds. The minimum absolute atomic E-state index is 0.0703. The van der Waals surface area contributed by atoms with Gasteiger partial charge in [0.1, 0.15) is 12.4 Å². The molecule has 0 atom stereocenters. The van der Waals surface area contributed by atoms with Crippen LogP contribution in [0.2, 0.25) is 0 Å². The van der Waals surface area contributed by atoms with Gasteiger partial charge < -0.3 is 4.74 Å². The normalized spacial score (nSPS) is 13.3. The minimum Gasteiger partial charge on any atom is -0.489 e. The molecule has 2 nitrogen and oxygen atoms in total. The Hall–Kier alpha value is -1.57. The molecule has 1 aliphatic rings. The molecule has 0 aromatic heterocycles. The second kappa shape index (κ2) is 3.05. The summed E-state index contributed by atoms with van der Waals surface area (Å²) in [4.78, 5) is 11.1. The van der Waals surface area contributed by atoms with E-state index in [-0.39, 0.29) is 5.78 Å². The average Bonchev–Trinajstić information content (AvgIpc) is 2.17. The van der Waals surface area contributed by atoms with E-state index in [0.29, 0.717) is 12.2 Å². The summed E-state index contributed by atoms with van der Waals surface area (Å²) >= 11 is 0. The Kier molecular flexibility index (Phi) is 1.89. The van der Waals surface area contributed by atoms with Gasteiger partial charge in [-0.1, -0.05) is 18.2 Å². The van der Waals surface area contributed by atoms with E-state index in [9.17, 15) is 4.79 Å². The molecule has 0 fully saturated rings. The zero-order valence-corrected chi connectivity index (χ0v) is 7.41. The third kappa shape index (κ3) is 1.47. The summed E-state index contributed by atoms with van der Waals surface area (Å²) in [6, 6.07) is 5.52. The van der Waals surface area contributed by atoms with Crippen molar-refractivity contribution in [2.75, 3.05) is 6.61 Å². The maximum Gasteiger partial charge on any atom is 0.159 e. The van der Waals surface area contributed by atoms with E-state index in [1.54, 1.807) is 13.0 Å². The predicted octanol–water partition coefficient (Wildman–Crippen LogP) is 2.29. The van der Waals surface area contributed by atoms with Crippen LogP contribution in [0.3, 0.4) is 0 Å². The number of ketones is 1. The van der Waals surface area contributed by atoms with Crippen molar-refractivity contribution < 1.29 is 9.53 Å². The molecular weight excluding hydrogens is 164 g/mol. The number of fused-ring (bicyclic) bond motifs is 1. The van der Waals surface area contributed by atoms with Gasteiger partial charge in [0.2, 0.25) is 0 Å². The zero-order chi connectivity index (χ0) is 9.26. The zero-order valence-electron chi connectivity index (χ0n) is 7.41. The maximum atomic E-state index is 11.1. The van der Waals surface area contributed by atoms with Crippen molar-refractivity contribution in [1.82, 2.24) is 0 Å². The Morgan fingerprint density at radius 3 is 3.08 bits per heavy atom. The summed E-state index contributed by atoms with van der Waals surface area (Å²) < 4.78 is 5.38. The van der Waals surface area contributed by atoms with Gasteiger partial charge in [0.05, 0.1) is 0 Å². The maximum absolute atomic E-state index is 11.1. The SMILES string of the molecule is CC(=O)c1ccc2c(c1)OCC=C2. The van der Waals surface area contributed by atoms with E-state index < -0.39 is 0 Å². The number of hydrogen-bond acceptors (Lipinski definition) is 2. The van der Waals surface area contributed by atoms with E-state index in [1.807, 2.05) is 24.3 Å². The van der Waals surface area contributed by atoms with Gasteiger partial charge in [-0.25, -0.2) is 0 Å². The van der Waals surface area contributed by atoms with Gasteiger partial charge in [-0.2, -0.15) is 0 Å². The Morgan fingerprint density at radius 2 is 2.31 bits per heavy atom. The molecule has 0 saturated heterocycles. The van der Waals surface area contributed by atoms with Crippen LogP contribution in [-0.2, 0) is 0 Å². The van der Waals surface area contributed by atoms with Crippen molar-refractivity contribution in [3.63, 3.8) is 0 Å². The van der Waals surface area contributed by atoms with Crippen LogP contribution in [0.15, 0.2) is 24.3 Å². The molecule has 0 unspecified atom stereocenters. The smallest absolute Gasteiger partial charge is 0.159 e. The third-order valence-electron chi connectivity index (χ3n) is 2.05. The highest BCUT2D eigenvalue weighted by Crippen LogP contribution is 2.24. The minimum atomic E-state index is 0.0703. The fourth-order valence-corrected chi connectivity index (χ4v) is 1.33. The van der Waals surface area contributed by atoms with E-state index in [1.165, 1.54) is 0 Å². The van der Waals surface area contributed by atoms with Crippen LogP contribution in [0.5, 0.6) is 5.75 Å². The number of benzene rings is 1. The fraction of sp³-hybridized carbons (Fsp3) is 0.182. The Bertz CT molecular complexity index is 378. The molecule has 0 bridgehead atoms. The van der Waals surface area contributed by atoms with Crippen LogP contribution >= 0.6 is 0 Å². The van der Waals surface area contributed by atoms with Crippen LogP contribution in [0.4, 0.5) is 0 Å². The second-order valence-electron chi connectivity index (χ2n) is 3.02. The Morgan fingerprint density at radius 1 is 1.46 bits per heavy atom. The molecular formula is C11H10O2. The van der Waals surface area contributed by atoms with Crippen LogP contribution in [0.25, 0.3) is 6.08 Å². The van der Waals surface area contributed by atoms with Crippen molar-refractivity contribution in [1.29, 1.82) is 0 Å². The first-order valence-corrected chi connectivity index (χ1v) is 4.22. The number of ether oxygens (including phenoxy) is 1. The molecule has 0 spiro atoms. The fourth-order valence-electron chi connectivity index (χ4n) is 1.33. The first-order valence-electron chi connectivity index (χ1n) is 4.22. The molecule has 0 aliphatic carbocycles. The molecule has 13 heavy (non-hydrogen) atoms. The summed E-state index contributed by atoms with van der Waals surface area (Å²) in [6.07, 6.45) is 3.96. The molecule has 2 rings (SSSR count). The quantitative estimate of drug-likeness (QED) is 0.610. The van der Waals surface area contributed by atoms with Crippen molar-refractivity contribution in [3.05, 3.63) is 35.4 Å². The lowest BCUT2D eigenvalue weighted by molar-refractivity contribution is 0.101. The standard InChI is InChI=1S/C11H10O2/c1-8(12)10-5-4-9-3-2-6-13-11(9)7-10/h2-5,7H,6H2,1H3. The van der Waals surface area contributed by atoms with Gasteiger partial charge in [0.25, 0.3) is 0 Å². The highest BCUT2D eigenvalue weighted by Gasteiger charge is 2.07. The van der Waals surface area contributed by atoms with Crippen molar-refractivity contribution in [3.8, 4) is 5.75 Å². The van der Waals surface area contributed by atoms with Crippen LogP contribution in [-0.4, -0.2) is 12.4 Å². The summed E-state index contributed by atoms with van der Waals surface area (Å²) in [7, 11) is 0. The third-order valence-corrected chi connectivity index (χ3v) is 2.05. The lowest BCUT2D eigenvalue weighted by atomic mass is 10.1. The van der Waals surface area contributed by atoms with Gasteiger partial charge in [-0.05, 0) is 19.1 Å². The molecule has 2 heteroatoms. The summed E-state index contributed by atoms with van der Waals surface area (Å²) in [6.45, 7) is 2.15. The van der Waals surface area contributed by atoms with Crippen molar-refractivity contribution in [2.45, 2.75) is 6.92 Å². The highest BCUT2D eigenvalue weighted by molar-refractivity contribution is 5.94. The Balaban J connectivity index is 2.48. The first-order chi connectivity index (χ1) is 6.27. The molecule has 1 aliphatic heterocycles. The van der Waals surface area contributed by atoms with Gasteiger partial charge in [-0.3, -0.25) is 4.79 Å². The van der Waals surface area contributed by atoms with Crippen molar-refractivity contribution >= 4 is 11.9 Å². The summed E-state index contributed by atoms with van der Waals surface area (Å²) in [5.74, 6) is 0.871. The lowest BCUT2D eigenvalue weighted by Gasteiger charge is -2.12. The van der Waals surface area contributed by atoms with E-state index in [4.69, 9.17) is 4.74 Å². The molecule has 1 aromatic rings. The van der Waals surface area contributed by atoms with Crippen LogP contribution in [0, 0.1) is 0 Å². The monoisotopic (exact) mass is 174 g/mol. The number of hydrogen-bond donors (Lipinski definition) is 0. The number of Topliss-reactive ketones (excluding diaryl/α,β-unsaturated/α-hetero) is 1. The number of carbonyl (C=O) groups excluding carboxylic acids is 1. The topological polar surface area (TPSA) is 26.3 Å². The van der Waals surface area contributed by atoms with Gasteiger partial charge in [0.15, 0.2) is 5.78 Å². The summed E-state index contributed by atoms with van der Waals surface area (Å²) in [5.41, 5.74) is 1.74. The number of carbonyl (C=O) groups is 1. The van der Waals surface area contributed by atoms with Crippen LogP contribution < -0.4 is 4.74 Å². The van der Waals surface area contributed by atoms with Gasteiger partial charge >= 0.3 is 0 Å². The number of rotatable bonds is 1. The largest absolute Gasteiger partial charge is 0.489 e. The average molecular weight is 174 g/mol. The van der Waals surface area contributed by atoms with Crippen LogP contribution in [0.1, 0.15) is 22.8 Å². The predicted molar refractivity (Wildman–Crippen MR) is 51.0 cm³/mol. The highest BCUT2D eigenvalue weighted by atomic mass is 16.5. The molecule has 0 saturated carbocycles. The second-order valence-corrected chi connectivity index (χ2v) is 3.02. The lowest BCUT2D eigenvalue weighted by Crippen LogP contribution is -2.02. The van der Waals surface area contributed by atoms with Crippen molar-refractivity contribution in [2.24, 2.45) is 0 Å². The van der Waals surface area contributed by atoms with E-state index in [2.05, 4.69) is 0 Å².